The van der Waals surface area contributed by atoms with Gasteiger partial charge < -0.3 is 9.80 Å². The first kappa shape index (κ1) is 39.0. The molecular formula is C56H44N4S2. The molecule has 0 spiro atoms. The lowest BCUT2D eigenvalue weighted by atomic mass is 9.99. The van der Waals surface area contributed by atoms with Crippen molar-refractivity contribution in [1.82, 2.24) is 9.97 Å². The second-order valence-electron chi connectivity index (χ2n) is 15.3. The molecule has 0 N–H and O–H groups in total. The lowest BCUT2D eigenvalue weighted by Crippen LogP contribution is -2.16. The number of rotatable bonds is 12. The van der Waals surface area contributed by atoms with Crippen LogP contribution in [-0.4, -0.2) is 9.97 Å². The fourth-order valence-electron chi connectivity index (χ4n) is 8.18. The van der Waals surface area contributed by atoms with E-state index < -0.39 is 0 Å². The van der Waals surface area contributed by atoms with Gasteiger partial charge in [-0.15, -0.1) is 22.7 Å². The molecule has 0 fully saturated rings. The van der Waals surface area contributed by atoms with Crippen LogP contribution < -0.4 is 9.80 Å². The Morgan fingerprint density at radius 2 is 1.06 bits per heavy atom. The Kier molecular flexibility index (Phi) is 11.0. The molecule has 2 heterocycles. The Bertz CT molecular complexity index is 2980. The van der Waals surface area contributed by atoms with Crippen molar-refractivity contribution in [3.63, 3.8) is 0 Å². The van der Waals surface area contributed by atoms with Crippen LogP contribution in [0.5, 0.6) is 0 Å². The van der Waals surface area contributed by atoms with Crippen LogP contribution >= 0.6 is 22.7 Å². The van der Waals surface area contributed by atoms with Crippen molar-refractivity contribution in [3.05, 3.63) is 223 Å². The summed E-state index contributed by atoms with van der Waals surface area (Å²) in [5.74, 6) is 0. The van der Waals surface area contributed by atoms with Gasteiger partial charge in [0.1, 0.15) is 10.0 Å². The number of aromatic nitrogens is 2. The van der Waals surface area contributed by atoms with E-state index in [1.807, 2.05) is 18.2 Å². The first-order valence-corrected chi connectivity index (χ1v) is 22.7. The zero-order valence-electron chi connectivity index (χ0n) is 34.3. The summed E-state index contributed by atoms with van der Waals surface area (Å²) < 4.78 is 1.19. The molecule has 0 saturated carbocycles. The van der Waals surface area contributed by atoms with Gasteiger partial charge in [-0.1, -0.05) is 98.1 Å². The summed E-state index contributed by atoms with van der Waals surface area (Å²) >= 11 is 3.50. The fourth-order valence-corrected chi connectivity index (χ4v) is 10.2. The van der Waals surface area contributed by atoms with Crippen LogP contribution in [-0.2, 0) is 6.42 Å². The molecule has 6 heteroatoms. The van der Waals surface area contributed by atoms with E-state index in [1.165, 1.54) is 32.1 Å². The maximum Gasteiger partial charge on any atom is 0.124 e. The molecular weight excluding hydrogens is 793 g/mol. The van der Waals surface area contributed by atoms with Gasteiger partial charge in [0.05, 0.1) is 20.8 Å². The highest BCUT2D eigenvalue weighted by Crippen LogP contribution is 2.39. The van der Waals surface area contributed by atoms with Gasteiger partial charge in [-0.2, -0.15) is 0 Å². The number of benzene rings is 6. The number of anilines is 4. The molecule has 2 aliphatic carbocycles. The molecule has 0 radical (unpaired) electrons. The summed E-state index contributed by atoms with van der Waals surface area (Å²) in [6.07, 6.45) is 21.2. The Balaban J connectivity index is 0.869. The molecule has 2 aromatic heterocycles. The normalized spacial score (nSPS) is 13.4. The number of allylic oxidation sites excluding steroid dienone is 7. The average Bonchev–Trinajstić information content (AvgIpc) is 3.98. The molecule has 0 bridgehead atoms. The summed E-state index contributed by atoms with van der Waals surface area (Å²) in [6, 6.07) is 52.2. The predicted octanol–water partition coefficient (Wildman–Crippen LogP) is 16.1. The molecule has 2 aliphatic rings. The van der Waals surface area contributed by atoms with Crippen LogP contribution in [0.15, 0.2) is 213 Å². The van der Waals surface area contributed by atoms with E-state index in [0.717, 1.165) is 91.9 Å². The van der Waals surface area contributed by atoms with E-state index in [2.05, 4.69) is 193 Å². The lowest BCUT2D eigenvalue weighted by molar-refractivity contribution is 0.947. The van der Waals surface area contributed by atoms with Crippen molar-refractivity contribution in [3.8, 4) is 43.4 Å². The minimum absolute atomic E-state index is 0.936. The fraction of sp³-hybridized carbons (Fsp3) is 0.0714. The highest BCUT2D eigenvalue weighted by molar-refractivity contribution is 7.21. The predicted molar refractivity (Wildman–Crippen MR) is 266 cm³/mol. The van der Waals surface area contributed by atoms with Gasteiger partial charge >= 0.3 is 0 Å². The van der Waals surface area contributed by atoms with Crippen molar-refractivity contribution >= 4 is 61.7 Å². The van der Waals surface area contributed by atoms with E-state index in [0.29, 0.717) is 0 Å². The number of hydrogen-bond donors (Lipinski definition) is 0. The molecule has 4 nitrogen and oxygen atoms in total. The zero-order chi connectivity index (χ0) is 41.8. The zero-order valence-corrected chi connectivity index (χ0v) is 36.0. The van der Waals surface area contributed by atoms with Crippen molar-refractivity contribution in [1.29, 1.82) is 0 Å². The van der Waals surface area contributed by atoms with Crippen LogP contribution in [0.3, 0.4) is 0 Å². The molecule has 8 aromatic rings. The summed E-state index contributed by atoms with van der Waals surface area (Å²) in [5, 5.41) is 2.10. The topological polar surface area (TPSA) is 32.3 Å². The molecule has 0 amide bonds. The number of thiazole rings is 2. The SMILES string of the molecule is C=C/C=C(\C=C)N(c1ccc(-c2ccc(-c3ccc(N(C4=CCCC=C4)c4ccc(-c5nc6c(s5)C=CCC6)cc4)cc3)cc2)cc1)c1ccc(-c2nc3ccccc3s2)cc1. The van der Waals surface area contributed by atoms with E-state index in [-0.39, 0.29) is 0 Å². The van der Waals surface area contributed by atoms with E-state index in [1.54, 1.807) is 28.7 Å². The van der Waals surface area contributed by atoms with Crippen molar-refractivity contribution in [2.75, 3.05) is 9.80 Å². The number of hydrogen-bond acceptors (Lipinski definition) is 6. The van der Waals surface area contributed by atoms with Gasteiger partial charge in [0, 0.05) is 45.3 Å². The summed E-state index contributed by atoms with van der Waals surface area (Å²) in [4.78, 5) is 15.7. The van der Waals surface area contributed by atoms with Gasteiger partial charge in [0.2, 0.25) is 0 Å². The van der Waals surface area contributed by atoms with Gasteiger partial charge in [-0.25, -0.2) is 9.97 Å². The Morgan fingerprint density at radius 1 is 0.532 bits per heavy atom. The number of para-hydroxylation sites is 1. The Hall–Kier alpha value is -7.12. The summed E-state index contributed by atoms with van der Waals surface area (Å²) in [6.45, 7) is 8.10. The maximum atomic E-state index is 4.97. The molecule has 62 heavy (non-hydrogen) atoms. The van der Waals surface area contributed by atoms with E-state index in [4.69, 9.17) is 9.97 Å². The number of fused-ring (bicyclic) bond motifs is 2. The lowest BCUT2D eigenvalue weighted by Gasteiger charge is -2.28. The van der Waals surface area contributed by atoms with Crippen LogP contribution in [0, 0.1) is 0 Å². The van der Waals surface area contributed by atoms with E-state index in [9.17, 15) is 0 Å². The maximum absolute atomic E-state index is 4.97. The third-order valence-corrected chi connectivity index (χ3v) is 13.6. The third kappa shape index (κ3) is 7.94. The quantitative estimate of drug-likeness (QED) is 0.115. The molecule has 0 atom stereocenters. The van der Waals surface area contributed by atoms with Gasteiger partial charge in [0.25, 0.3) is 0 Å². The molecule has 0 aliphatic heterocycles. The molecule has 0 unspecified atom stereocenters. The second-order valence-corrected chi connectivity index (χ2v) is 17.4. The summed E-state index contributed by atoms with van der Waals surface area (Å²) in [5.41, 5.74) is 15.6. The standard InChI is InChI=1S/C56H44N4S2/c1-3-12-45(4-2)59(48-35-27-43(28-36-48)55-57-51-15-8-10-17-53(51)61-55)47-31-23-41(24-32-47)39-19-21-40(22-20-39)42-25-33-49(34-26-42)60(46-13-6-5-7-14-46)50-37-29-44(30-38-50)56-58-52-16-9-11-18-54(52)62-56/h3-4,6,8,10-15,17-38H,1-2,5,7,9,16H2/b45-12+. The first-order valence-electron chi connectivity index (χ1n) is 21.1. The smallest absolute Gasteiger partial charge is 0.124 e. The molecule has 300 valence electrons. The minimum Gasteiger partial charge on any atom is -0.311 e. The van der Waals surface area contributed by atoms with Crippen LogP contribution in [0.25, 0.3) is 59.7 Å². The average molecular weight is 837 g/mol. The molecule has 0 saturated heterocycles. The minimum atomic E-state index is 0.936. The summed E-state index contributed by atoms with van der Waals surface area (Å²) in [7, 11) is 0. The molecule has 10 rings (SSSR count). The monoisotopic (exact) mass is 836 g/mol. The van der Waals surface area contributed by atoms with Gasteiger partial charge in [-0.3, -0.25) is 0 Å². The van der Waals surface area contributed by atoms with Crippen molar-refractivity contribution in [2.24, 2.45) is 0 Å². The van der Waals surface area contributed by atoms with Crippen LogP contribution in [0.4, 0.5) is 22.7 Å². The second kappa shape index (κ2) is 17.5. The Morgan fingerprint density at radius 3 is 1.60 bits per heavy atom. The Labute approximate surface area is 371 Å². The highest BCUT2D eigenvalue weighted by atomic mass is 32.1. The van der Waals surface area contributed by atoms with Crippen molar-refractivity contribution < 1.29 is 0 Å². The van der Waals surface area contributed by atoms with Gasteiger partial charge in [-0.05, 0) is 157 Å². The van der Waals surface area contributed by atoms with Gasteiger partial charge in [0.15, 0.2) is 0 Å². The van der Waals surface area contributed by atoms with Crippen LogP contribution in [0.1, 0.15) is 29.8 Å². The largest absolute Gasteiger partial charge is 0.311 e. The van der Waals surface area contributed by atoms with Crippen LogP contribution in [0.2, 0.25) is 0 Å². The third-order valence-electron chi connectivity index (χ3n) is 11.4. The number of nitrogens with zero attached hydrogens (tertiary/aromatic N) is 4. The molecule has 6 aromatic carbocycles. The highest BCUT2D eigenvalue weighted by Gasteiger charge is 2.18. The van der Waals surface area contributed by atoms with Crippen molar-refractivity contribution in [2.45, 2.75) is 25.7 Å². The number of aryl methyl sites for hydroxylation is 1. The first-order chi connectivity index (χ1) is 30.6. The van der Waals surface area contributed by atoms with E-state index >= 15 is 0 Å².